The quantitative estimate of drug-likeness (QED) is 0.660. The van der Waals surface area contributed by atoms with Crippen LogP contribution in [0.4, 0.5) is 11.4 Å². The lowest BCUT2D eigenvalue weighted by atomic mass is 10.1. The maximum Gasteiger partial charge on any atom is 0.254 e. The minimum Gasteiger partial charge on any atom is -0.340 e. The van der Waals surface area contributed by atoms with Gasteiger partial charge in [0.05, 0.1) is 29.6 Å². The summed E-state index contributed by atoms with van der Waals surface area (Å²) in [5.41, 5.74) is 1.30. The SMILES string of the molecule is O=C(C[C@@H]1NC(=O)c2ccccc2NC1=O)Nc1cn[nH]c1. The first kappa shape index (κ1) is 13.8. The van der Waals surface area contributed by atoms with Crippen LogP contribution in [0.1, 0.15) is 16.8 Å². The molecule has 1 aliphatic rings. The fourth-order valence-corrected chi connectivity index (χ4v) is 2.17. The molecular formula is C14H13N5O3. The zero-order valence-corrected chi connectivity index (χ0v) is 11.4. The van der Waals surface area contributed by atoms with Crippen molar-refractivity contribution in [1.82, 2.24) is 15.5 Å². The average molecular weight is 299 g/mol. The van der Waals surface area contributed by atoms with E-state index in [0.717, 1.165) is 0 Å². The third-order valence-corrected chi connectivity index (χ3v) is 3.22. The molecule has 3 rings (SSSR count). The van der Waals surface area contributed by atoms with Gasteiger partial charge < -0.3 is 16.0 Å². The highest BCUT2D eigenvalue weighted by molar-refractivity contribution is 6.11. The van der Waals surface area contributed by atoms with Crippen LogP contribution in [0.25, 0.3) is 0 Å². The molecule has 22 heavy (non-hydrogen) atoms. The number of carbonyl (C=O) groups excluding carboxylic acids is 3. The smallest absolute Gasteiger partial charge is 0.254 e. The van der Waals surface area contributed by atoms with Crippen LogP contribution in [0.3, 0.4) is 0 Å². The van der Waals surface area contributed by atoms with Crippen molar-refractivity contribution in [3.8, 4) is 0 Å². The molecule has 2 aromatic rings. The van der Waals surface area contributed by atoms with Gasteiger partial charge in [0.1, 0.15) is 6.04 Å². The maximum absolute atomic E-state index is 12.1. The molecule has 1 aromatic heterocycles. The van der Waals surface area contributed by atoms with Crippen molar-refractivity contribution >= 4 is 29.1 Å². The van der Waals surface area contributed by atoms with Crippen LogP contribution in [-0.2, 0) is 9.59 Å². The second kappa shape index (κ2) is 5.68. The predicted molar refractivity (Wildman–Crippen MR) is 78.2 cm³/mol. The average Bonchev–Trinajstić information content (AvgIpc) is 2.95. The van der Waals surface area contributed by atoms with Crippen molar-refractivity contribution in [3.05, 3.63) is 42.2 Å². The third-order valence-electron chi connectivity index (χ3n) is 3.22. The first-order valence-corrected chi connectivity index (χ1v) is 6.63. The molecule has 0 fully saturated rings. The number of fused-ring (bicyclic) bond motifs is 1. The number of anilines is 2. The number of carbonyl (C=O) groups is 3. The number of H-pyrrole nitrogens is 1. The molecule has 0 radical (unpaired) electrons. The summed E-state index contributed by atoms with van der Waals surface area (Å²) in [6, 6.07) is 5.74. The number of hydrogen-bond donors (Lipinski definition) is 4. The fourth-order valence-electron chi connectivity index (χ4n) is 2.17. The Balaban J connectivity index is 1.71. The zero-order valence-electron chi connectivity index (χ0n) is 11.4. The molecule has 2 heterocycles. The number of aromatic nitrogens is 2. The zero-order chi connectivity index (χ0) is 15.5. The molecule has 1 aromatic carbocycles. The van der Waals surface area contributed by atoms with E-state index in [-0.39, 0.29) is 6.42 Å². The molecule has 0 spiro atoms. The number of hydrogen-bond acceptors (Lipinski definition) is 4. The van der Waals surface area contributed by atoms with Crippen LogP contribution in [0.5, 0.6) is 0 Å². The number of nitrogens with one attached hydrogen (secondary N) is 4. The van der Waals surface area contributed by atoms with E-state index in [2.05, 4.69) is 26.1 Å². The summed E-state index contributed by atoms with van der Waals surface area (Å²) < 4.78 is 0. The highest BCUT2D eigenvalue weighted by atomic mass is 16.2. The number of nitrogens with zero attached hydrogens (tertiary/aromatic N) is 1. The van der Waals surface area contributed by atoms with Gasteiger partial charge in [-0.3, -0.25) is 19.5 Å². The van der Waals surface area contributed by atoms with Gasteiger partial charge in [-0.1, -0.05) is 12.1 Å². The summed E-state index contributed by atoms with van der Waals surface area (Å²) in [6.45, 7) is 0. The monoisotopic (exact) mass is 299 g/mol. The molecule has 8 nitrogen and oxygen atoms in total. The van der Waals surface area contributed by atoms with E-state index in [1.807, 2.05) is 0 Å². The summed E-state index contributed by atoms with van der Waals surface area (Å²) in [4.78, 5) is 36.2. The van der Waals surface area contributed by atoms with Gasteiger partial charge in [0.25, 0.3) is 5.91 Å². The Kier molecular flexibility index (Phi) is 3.57. The van der Waals surface area contributed by atoms with Crippen molar-refractivity contribution in [3.63, 3.8) is 0 Å². The van der Waals surface area contributed by atoms with Crippen LogP contribution in [0, 0.1) is 0 Å². The van der Waals surface area contributed by atoms with Crippen molar-refractivity contribution in [2.24, 2.45) is 0 Å². The topological polar surface area (TPSA) is 116 Å². The first-order chi connectivity index (χ1) is 10.6. The lowest BCUT2D eigenvalue weighted by Gasteiger charge is -2.13. The lowest BCUT2D eigenvalue weighted by molar-refractivity contribution is -0.122. The lowest BCUT2D eigenvalue weighted by Crippen LogP contribution is -2.43. The molecule has 4 N–H and O–H groups in total. The van der Waals surface area contributed by atoms with Gasteiger partial charge in [-0.2, -0.15) is 5.10 Å². The van der Waals surface area contributed by atoms with Crippen molar-refractivity contribution in [2.45, 2.75) is 12.5 Å². The van der Waals surface area contributed by atoms with Crippen LogP contribution in [0.2, 0.25) is 0 Å². The summed E-state index contributed by atoms with van der Waals surface area (Å²) in [7, 11) is 0. The second-order valence-electron chi connectivity index (χ2n) is 4.80. The summed E-state index contributed by atoms with van der Waals surface area (Å²) >= 11 is 0. The van der Waals surface area contributed by atoms with E-state index in [1.54, 1.807) is 24.3 Å². The van der Waals surface area contributed by atoms with Gasteiger partial charge in [-0.05, 0) is 12.1 Å². The van der Waals surface area contributed by atoms with Crippen LogP contribution in [-0.4, -0.2) is 34.0 Å². The van der Waals surface area contributed by atoms with Gasteiger partial charge in [0.2, 0.25) is 11.8 Å². The van der Waals surface area contributed by atoms with E-state index >= 15 is 0 Å². The number of amides is 3. The number of rotatable bonds is 3. The van der Waals surface area contributed by atoms with Crippen LogP contribution >= 0.6 is 0 Å². The van der Waals surface area contributed by atoms with Crippen molar-refractivity contribution < 1.29 is 14.4 Å². The van der Waals surface area contributed by atoms with E-state index in [9.17, 15) is 14.4 Å². The molecule has 1 aliphatic heterocycles. The molecule has 0 aliphatic carbocycles. The van der Waals surface area contributed by atoms with E-state index in [0.29, 0.717) is 16.9 Å². The van der Waals surface area contributed by atoms with Crippen molar-refractivity contribution in [1.29, 1.82) is 0 Å². The molecule has 0 saturated carbocycles. The fraction of sp³-hybridized carbons (Fsp3) is 0.143. The molecular weight excluding hydrogens is 286 g/mol. The summed E-state index contributed by atoms with van der Waals surface area (Å²) in [5.74, 6) is -1.22. The molecule has 1 atom stereocenters. The normalized spacial score (nSPS) is 17.0. The highest BCUT2D eigenvalue weighted by Gasteiger charge is 2.29. The van der Waals surface area contributed by atoms with Gasteiger partial charge >= 0.3 is 0 Å². The Morgan fingerprint density at radius 2 is 2.09 bits per heavy atom. The van der Waals surface area contributed by atoms with Crippen LogP contribution < -0.4 is 16.0 Å². The number of benzene rings is 1. The minimum atomic E-state index is -0.938. The Morgan fingerprint density at radius 3 is 2.86 bits per heavy atom. The Labute approximate surface area is 125 Å². The van der Waals surface area contributed by atoms with E-state index in [4.69, 9.17) is 0 Å². The van der Waals surface area contributed by atoms with Gasteiger partial charge in [0, 0.05) is 6.20 Å². The molecule has 3 amide bonds. The molecule has 0 saturated heterocycles. The van der Waals surface area contributed by atoms with E-state index < -0.39 is 23.8 Å². The Bertz CT molecular complexity index is 726. The van der Waals surface area contributed by atoms with Gasteiger partial charge in [-0.25, -0.2) is 0 Å². The standard InChI is InChI=1S/C14H13N5O3/c20-12(17-8-6-15-16-7-8)5-11-14(22)18-10-4-2-1-3-9(10)13(21)19-11/h1-4,6-7,11H,5H2,(H,15,16)(H,17,20)(H,18,22)(H,19,21)/t11-/m0/s1. The Morgan fingerprint density at radius 1 is 1.27 bits per heavy atom. The molecule has 0 unspecified atom stereocenters. The highest BCUT2D eigenvalue weighted by Crippen LogP contribution is 2.19. The van der Waals surface area contributed by atoms with E-state index in [1.165, 1.54) is 12.4 Å². The predicted octanol–water partition coefficient (Wildman–Crippen LogP) is 0.489. The number of aromatic amines is 1. The maximum atomic E-state index is 12.1. The largest absolute Gasteiger partial charge is 0.340 e. The Hall–Kier alpha value is -3.16. The number of para-hydroxylation sites is 1. The second-order valence-corrected chi connectivity index (χ2v) is 4.80. The first-order valence-electron chi connectivity index (χ1n) is 6.63. The third kappa shape index (κ3) is 2.80. The van der Waals surface area contributed by atoms with Crippen molar-refractivity contribution in [2.75, 3.05) is 10.6 Å². The minimum absolute atomic E-state index is 0.170. The molecule has 112 valence electrons. The van der Waals surface area contributed by atoms with Gasteiger partial charge in [-0.15, -0.1) is 0 Å². The molecule has 0 bridgehead atoms. The summed E-state index contributed by atoms with van der Waals surface area (Å²) in [6.07, 6.45) is 2.79. The van der Waals surface area contributed by atoms with Crippen LogP contribution in [0.15, 0.2) is 36.7 Å². The molecule has 8 heteroatoms. The van der Waals surface area contributed by atoms with Gasteiger partial charge in [0.15, 0.2) is 0 Å². The summed E-state index contributed by atoms with van der Waals surface area (Å²) in [5, 5.41) is 14.1.